The maximum absolute atomic E-state index is 6.45. The van der Waals surface area contributed by atoms with E-state index >= 15 is 0 Å². The van der Waals surface area contributed by atoms with Crippen molar-refractivity contribution in [2.45, 2.75) is 91.4 Å². The SMILES string of the molecule is CCn1ncc2c(N3CCc4c(c(C)nn4CC45CCCC(C4)C(N)CC5)C3)cc(C)nc21. The fourth-order valence-electron chi connectivity index (χ4n) is 6.99. The zero-order valence-corrected chi connectivity index (χ0v) is 20.3. The molecule has 3 atom stereocenters. The summed E-state index contributed by atoms with van der Waals surface area (Å²) in [5, 5.41) is 10.8. The Hall–Kier alpha value is -2.41. The summed E-state index contributed by atoms with van der Waals surface area (Å²) in [5.74, 6) is 0.719. The van der Waals surface area contributed by atoms with E-state index < -0.39 is 0 Å². The molecule has 4 heterocycles. The molecule has 2 bridgehead atoms. The lowest BCUT2D eigenvalue weighted by Crippen LogP contribution is -2.46. The fraction of sp³-hybridized carbons (Fsp3) is 0.654. The van der Waals surface area contributed by atoms with Crippen LogP contribution in [0.4, 0.5) is 5.69 Å². The van der Waals surface area contributed by atoms with Gasteiger partial charge in [-0.05, 0) is 70.3 Å². The molecule has 0 saturated heterocycles. The molecule has 2 N–H and O–H groups in total. The van der Waals surface area contributed by atoms with Gasteiger partial charge in [-0.2, -0.15) is 10.2 Å². The second-order valence-electron chi connectivity index (χ2n) is 10.9. The molecule has 2 saturated carbocycles. The molecule has 2 aliphatic carbocycles. The van der Waals surface area contributed by atoms with E-state index in [1.54, 1.807) is 0 Å². The molecule has 33 heavy (non-hydrogen) atoms. The molecule has 1 aliphatic heterocycles. The Morgan fingerprint density at radius 3 is 2.91 bits per heavy atom. The molecule has 7 nitrogen and oxygen atoms in total. The van der Waals surface area contributed by atoms with Crippen molar-refractivity contribution in [3.05, 3.63) is 34.9 Å². The van der Waals surface area contributed by atoms with E-state index in [2.05, 4.69) is 41.5 Å². The van der Waals surface area contributed by atoms with Gasteiger partial charge in [0.25, 0.3) is 0 Å². The quantitative estimate of drug-likeness (QED) is 0.651. The average Bonchev–Trinajstić information content (AvgIpc) is 3.36. The summed E-state index contributed by atoms with van der Waals surface area (Å²) >= 11 is 0. The fourth-order valence-corrected chi connectivity index (χ4v) is 6.99. The second-order valence-corrected chi connectivity index (χ2v) is 10.9. The first-order chi connectivity index (χ1) is 16.0. The van der Waals surface area contributed by atoms with Crippen LogP contribution in [0.3, 0.4) is 0 Å². The maximum Gasteiger partial charge on any atom is 0.160 e. The minimum Gasteiger partial charge on any atom is -0.366 e. The van der Waals surface area contributed by atoms with Gasteiger partial charge in [-0.3, -0.25) is 4.68 Å². The van der Waals surface area contributed by atoms with E-state index in [-0.39, 0.29) is 0 Å². The predicted octanol–water partition coefficient (Wildman–Crippen LogP) is 4.12. The van der Waals surface area contributed by atoms with Crippen LogP contribution in [-0.4, -0.2) is 37.1 Å². The van der Waals surface area contributed by atoms with Crippen LogP contribution in [0.25, 0.3) is 11.0 Å². The first-order valence-corrected chi connectivity index (χ1v) is 12.9. The number of aryl methyl sites for hydroxylation is 3. The molecule has 0 spiro atoms. The van der Waals surface area contributed by atoms with Gasteiger partial charge in [0.1, 0.15) is 0 Å². The summed E-state index contributed by atoms with van der Waals surface area (Å²) in [6.45, 7) is 10.2. The number of anilines is 1. The van der Waals surface area contributed by atoms with Crippen LogP contribution in [-0.2, 0) is 26.1 Å². The summed E-state index contributed by atoms with van der Waals surface area (Å²) in [6.07, 6.45) is 10.8. The van der Waals surface area contributed by atoms with Gasteiger partial charge in [-0.1, -0.05) is 6.42 Å². The Labute approximate surface area is 196 Å². The van der Waals surface area contributed by atoms with Crippen molar-refractivity contribution in [3.8, 4) is 0 Å². The van der Waals surface area contributed by atoms with Crippen LogP contribution in [0.5, 0.6) is 0 Å². The van der Waals surface area contributed by atoms with Crippen molar-refractivity contribution >= 4 is 16.7 Å². The minimum atomic E-state index is 0.408. The summed E-state index contributed by atoms with van der Waals surface area (Å²) in [4.78, 5) is 7.28. The number of nitrogens with two attached hydrogens (primary N) is 1. The zero-order chi connectivity index (χ0) is 22.7. The Bertz CT molecular complexity index is 1190. The number of fused-ring (bicyclic) bond motifs is 4. The van der Waals surface area contributed by atoms with Crippen LogP contribution < -0.4 is 10.6 Å². The number of hydrogen-bond donors (Lipinski definition) is 1. The third-order valence-corrected chi connectivity index (χ3v) is 8.77. The van der Waals surface area contributed by atoms with Gasteiger partial charge < -0.3 is 10.6 Å². The van der Waals surface area contributed by atoms with Crippen LogP contribution in [0.2, 0.25) is 0 Å². The number of pyridine rings is 1. The number of rotatable bonds is 4. The third kappa shape index (κ3) is 3.47. The van der Waals surface area contributed by atoms with E-state index in [0.29, 0.717) is 11.5 Å². The molecular weight excluding hydrogens is 410 g/mol. The van der Waals surface area contributed by atoms with E-state index in [1.165, 1.54) is 61.2 Å². The molecule has 0 aromatic carbocycles. The van der Waals surface area contributed by atoms with Crippen molar-refractivity contribution in [2.75, 3.05) is 11.4 Å². The summed E-state index contributed by atoms with van der Waals surface area (Å²) in [5.41, 5.74) is 14.2. The monoisotopic (exact) mass is 447 g/mol. The molecule has 3 unspecified atom stereocenters. The van der Waals surface area contributed by atoms with Crippen LogP contribution in [0.15, 0.2) is 12.3 Å². The first-order valence-electron chi connectivity index (χ1n) is 12.9. The van der Waals surface area contributed by atoms with E-state index in [9.17, 15) is 0 Å². The van der Waals surface area contributed by atoms with Crippen molar-refractivity contribution in [1.29, 1.82) is 0 Å². The third-order valence-electron chi connectivity index (χ3n) is 8.77. The predicted molar refractivity (Wildman–Crippen MR) is 131 cm³/mol. The normalized spacial score (nSPS) is 27.2. The van der Waals surface area contributed by atoms with Crippen molar-refractivity contribution in [2.24, 2.45) is 17.1 Å². The summed E-state index contributed by atoms with van der Waals surface area (Å²) in [6, 6.07) is 2.64. The molecule has 2 fully saturated rings. The topological polar surface area (TPSA) is 77.8 Å². The lowest BCUT2D eigenvalue weighted by molar-refractivity contribution is 0.0423. The first kappa shape index (κ1) is 21.1. The smallest absolute Gasteiger partial charge is 0.160 e. The highest BCUT2D eigenvalue weighted by Gasteiger charge is 2.43. The van der Waals surface area contributed by atoms with Gasteiger partial charge >= 0.3 is 0 Å². The van der Waals surface area contributed by atoms with Crippen molar-refractivity contribution in [1.82, 2.24) is 24.5 Å². The molecule has 7 heteroatoms. The lowest BCUT2D eigenvalue weighted by Gasteiger charge is -2.48. The van der Waals surface area contributed by atoms with Crippen molar-refractivity contribution < 1.29 is 0 Å². The molecule has 176 valence electrons. The van der Waals surface area contributed by atoms with E-state index in [0.717, 1.165) is 55.2 Å². The van der Waals surface area contributed by atoms with Crippen LogP contribution in [0, 0.1) is 25.2 Å². The molecule has 3 aromatic rings. The average molecular weight is 448 g/mol. The van der Waals surface area contributed by atoms with Gasteiger partial charge in [-0.15, -0.1) is 0 Å². The highest BCUT2D eigenvalue weighted by molar-refractivity contribution is 5.89. The standard InChI is InChI=1S/C26H37N7/c1-4-32-25-20(14-28-32)24(12-17(2)29-25)31-11-8-23-21(15-31)18(3)30-33(23)16-26-9-5-6-19(13-26)22(27)7-10-26/h12,14,19,22H,4-11,13,15-16,27H2,1-3H3. The Balaban J connectivity index is 1.29. The summed E-state index contributed by atoms with van der Waals surface area (Å²) < 4.78 is 4.39. The van der Waals surface area contributed by atoms with Gasteiger partial charge in [0.15, 0.2) is 5.65 Å². The molecular formula is C26H37N7. The molecule has 3 aliphatic rings. The van der Waals surface area contributed by atoms with Crippen LogP contribution >= 0.6 is 0 Å². The molecule has 0 radical (unpaired) electrons. The highest BCUT2D eigenvalue weighted by atomic mass is 15.3. The highest BCUT2D eigenvalue weighted by Crippen LogP contribution is 2.49. The van der Waals surface area contributed by atoms with E-state index in [1.807, 2.05) is 10.9 Å². The number of nitrogens with zero attached hydrogens (tertiary/aromatic N) is 6. The van der Waals surface area contributed by atoms with Gasteiger partial charge in [0.2, 0.25) is 0 Å². The zero-order valence-electron chi connectivity index (χ0n) is 20.3. The van der Waals surface area contributed by atoms with Gasteiger partial charge in [0, 0.05) is 55.6 Å². The minimum absolute atomic E-state index is 0.408. The van der Waals surface area contributed by atoms with Crippen molar-refractivity contribution in [3.63, 3.8) is 0 Å². The summed E-state index contributed by atoms with van der Waals surface area (Å²) in [7, 11) is 0. The largest absolute Gasteiger partial charge is 0.366 e. The molecule has 6 rings (SSSR count). The Kier molecular flexibility index (Phi) is 5.02. The van der Waals surface area contributed by atoms with Gasteiger partial charge in [-0.25, -0.2) is 9.67 Å². The second kappa shape index (κ2) is 7.83. The Morgan fingerprint density at radius 2 is 2.06 bits per heavy atom. The lowest BCUT2D eigenvalue weighted by atomic mass is 9.60. The van der Waals surface area contributed by atoms with Gasteiger partial charge in [0.05, 0.1) is 23.0 Å². The van der Waals surface area contributed by atoms with E-state index in [4.69, 9.17) is 15.8 Å². The number of aromatic nitrogens is 5. The van der Waals surface area contributed by atoms with Crippen LogP contribution in [0.1, 0.15) is 68.1 Å². The molecule has 3 aromatic heterocycles. The Morgan fingerprint density at radius 1 is 1.18 bits per heavy atom. The maximum atomic E-state index is 6.45. The number of hydrogen-bond acceptors (Lipinski definition) is 5. The molecule has 0 amide bonds.